The number of thioether (sulfide) groups is 4. The van der Waals surface area contributed by atoms with Gasteiger partial charge in [0.1, 0.15) is 35.9 Å². The fraction of sp³-hybridized carbons (Fsp3) is 0.316. The zero-order valence-corrected chi connectivity index (χ0v) is 48.1. The van der Waals surface area contributed by atoms with E-state index in [1.54, 1.807) is 24.3 Å². The molecule has 0 radical (unpaired) electrons. The topological polar surface area (TPSA) is 381 Å². The Balaban J connectivity index is 0.000000260. The molecule has 26 nitrogen and oxygen atoms in total. The van der Waals surface area contributed by atoms with Crippen molar-refractivity contribution in [1.82, 2.24) is 60.8 Å². The predicted octanol–water partition coefficient (Wildman–Crippen LogP) is -8.71. The van der Waals surface area contributed by atoms with E-state index in [4.69, 9.17) is 33.4 Å². The van der Waals surface area contributed by atoms with Crippen LogP contribution in [-0.2, 0) is 51.4 Å². The first-order valence-corrected chi connectivity index (χ1v) is 24.6. The summed E-state index contributed by atoms with van der Waals surface area (Å²) >= 11 is 16.5. The van der Waals surface area contributed by atoms with Gasteiger partial charge < -0.3 is 50.9 Å². The molecular formula is C38H32Cl2K2N12O14S4. The maximum Gasteiger partial charge on any atom is 1.00 e. The number of carbonyl (C=O) groups is 8. The van der Waals surface area contributed by atoms with E-state index in [-0.39, 0.29) is 169 Å². The molecule has 2 aromatic carbocycles. The molecule has 2 fully saturated rings. The number of carboxylic acid groups (broad SMARTS) is 4. The van der Waals surface area contributed by atoms with Crippen LogP contribution in [0.3, 0.4) is 0 Å². The van der Waals surface area contributed by atoms with Crippen LogP contribution in [0.2, 0.25) is 10.0 Å². The first-order chi connectivity index (χ1) is 33.4. The Morgan fingerprint density at radius 3 is 1.36 bits per heavy atom. The Hall–Kier alpha value is -3.01. The van der Waals surface area contributed by atoms with Crippen molar-refractivity contribution < 1.29 is 172 Å². The normalized spacial score (nSPS) is 19.6. The number of hydrogen-bond acceptors (Lipinski definition) is 22. The van der Waals surface area contributed by atoms with Gasteiger partial charge in [-0.15, -0.1) is 33.7 Å². The van der Waals surface area contributed by atoms with Gasteiger partial charge in [0, 0.05) is 44.2 Å². The summed E-state index contributed by atoms with van der Waals surface area (Å²) in [5.74, 6) is -7.93. The number of benzene rings is 2. The van der Waals surface area contributed by atoms with E-state index in [1.807, 2.05) is 0 Å². The third-order valence-electron chi connectivity index (χ3n) is 10.3. The Kier molecular flexibility index (Phi) is 22.2. The van der Waals surface area contributed by atoms with Crippen molar-refractivity contribution in [1.29, 1.82) is 0 Å². The zero-order valence-electron chi connectivity index (χ0n) is 37.1. The Morgan fingerprint density at radius 1 is 0.667 bits per heavy atom. The van der Waals surface area contributed by atoms with E-state index in [0.717, 1.165) is 42.7 Å². The summed E-state index contributed by atoms with van der Waals surface area (Å²) < 4.78 is 2.10. The minimum absolute atomic E-state index is 0. The average Bonchev–Trinajstić information content (AvgIpc) is 3.97. The smallest absolute Gasteiger partial charge is 0.543 e. The molecule has 2 saturated heterocycles. The van der Waals surface area contributed by atoms with Crippen LogP contribution in [0.5, 0.6) is 0 Å². The summed E-state index contributed by atoms with van der Waals surface area (Å²) in [5, 5.41) is 87.9. The van der Waals surface area contributed by atoms with Gasteiger partial charge >= 0.3 is 115 Å². The molecule has 4 aliphatic heterocycles. The summed E-state index contributed by atoms with van der Waals surface area (Å²) in [5.41, 5.74) is 0.421. The van der Waals surface area contributed by atoms with E-state index < -0.39 is 95.6 Å². The number of fused-ring (bicyclic) bond motifs is 2. The number of aromatic nitrogens is 8. The van der Waals surface area contributed by atoms with Crippen molar-refractivity contribution in [3.8, 4) is 0 Å². The fourth-order valence-electron chi connectivity index (χ4n) is 7.06. The molecule has 4 aliphatic rings. The van der Waals surface area contributed by atoms with Crippen molar-refractivity contribution in [3.05, 3.63) is 92.2 Å². The summed E-state index contributed by atoms with van der Waals surface area (Å²) in [7, 11) is 0. The molecule has 6 atom stereocenters. The van der Waals surface area contributed by atoms with Gasteiger partial charge in [0.05, 0.1) is 23.3 Å². The van der Waals surface area contributed by atoms with Crippen LogP contribution >= 0.6 is 70.2 Å². The second kappa shape index (κ2) is 26.7. The number of rotatable bonds is 18. The van der Waals surface area contributed by atoms with E-state index in [2.05, 4.69) is 41.7 Å². The number of amides is 4. The number of halogens is 2. The van der Waals surface area contributed by atoms with E-state index >= 15 is 0 Å². The van der Waals surface area contributed by atoms with Gasteiger partial charge in [-0.05, 0) is 44.1 Å². The predicted molar refractivity (Wildman–Crippen MR) is 239 cm³/mol. The van der Waals surface area contributed by atoms with Crippen molar-refractivity contribution in [3.63, 3.8) is 0 Å². The molecular weight excluding hydrogens is 1130 g/mol. The number of nitrogens with zero attached hydrogens (tertiary/aromatic N) is 10. The second-order valence-electron chi connectivity index (χ2n) is 14.7. The average molecular weight is 1160 g/mol. The first-order valence-electron chi connectivity index (χ1n) is 19.8. The number of tetrazole rings is 2. The molecule has 0 spiro atoms. The molecule has 34 heteroatoms. The number of aliphatic hydroxyl groups is 2. The van der Waals surface area contributed by atoms with Crippen molar-refractivity contribution in [2.24, 2.45) is 0 Å². The van der Waals surface area contributed by atoms with Gasteiger partial charge in [0.15, 0.2) is 12.2 Å². The monoisotopic (exact) mass is 1160 g/mol. The largest absolute Gasteiger partial charge is 1.00 e. The Bertz CT molecular complexity index is 2680. The molecule has 4 amide bonds. The minimum Gasteiger partial charge on any atom is -0.543 e. The van der Waals surface area contributed by atoms with Gasteiger partial charge in [0.25, 0.3) is 23.6 Å². The van der Waals surface area contributed by atoms with Gasteiger partial charge in [-0.1, -0.05) is 83.1 Å². The molecule has 6 N–H and O–H groups in total. The summed E-state index contributed by atoms with van der Waals surface area (Å²) in [6.45, 7) is -0.935. The van der Waals surface area contributed by atoms with Crippen LogP contribution in [0.15, 0.2) is 81.4 Å². The van der Waals surface area contributed by atoms with Gasteiger partial charge in [-0.25, -0.2) is 9.36 Å². The van der Waals surface area contributed by atoms with Crippen molar-refractivity contribution in [2.45, 2.75) is 58.4 Å². The number of aliphatic hydroxyl groups excluding tert-OH is 2. The maximum absolute atomic E-state index is 12.8. The fourth-order valence-corrected chi connectivity index (χ4v) is 12.3. The summed E-state index contributed by atoms with van der Waals surface area (Å²) in [6.07, 6.45) is -3.22. The van der Waals surface area contributed by atoms with Gasteiger partial charge in [-0.2, -0.15) is 0 Å². The van der Waals surface area contributed by atoms with Gasteiger partial charge in [0.2, 0.25) is 10.3 Å². The summed E-state index contributed by atoms with van der Waals surface area (Å²) in [6, 6.07) is 10.4. The summed E-state index contributed by atoms with van der Waals surface area (Å²) in [4.78, 5) is 98.3. The molecule has 0 bridgehead atoms. The third-order valence-corrected chi connectivity index (χ3v) is 15.7. The molecule has 368 valence electrons. The number of β-lactam (4-membered cyclic amide) rings is 2. The molecule has 4 aromatic rings. The maximum atomic E-state index is 12.8. The molecule has 72 heavy (non-hydrogen) atoms. The van der Waals surface area contributed by atoms with Crippen molar-refractivity contribution >= 4 is 118 Å². The quantitative estimate of drug-likeness (QED) is 0.0306. The zero-order chi connectivity index (χ0) is 50.6. The molecule has 8 rings (SSSR count). The third kappa shape index (κ3) is 13.5. The molecule has 2 unspecified atom stereocenters. The second-order valence-corrected chi connectivity index (χ2v) is 19.6. The van der Waals surface area contributed by atoms with Crippen LogP contribution in [-0.4, -0.2) is 164 Å². The number of carboxylic acids is 4. The Labute approximate surface area is 517 Å². The number of hydrogen-bond donors (Lipinski definition) is 6. The van der Waals surface area contributed by atoms with E-state index in [0.29, 0.717) is 11.1 Å². The van der Waals surface area contributed by atoms with E-state index in [1.165, 1.54) is 47.8 Å². The number of carbonyl (C=O) groups excluding carboxylic acids is 6. The van der Waals surface area contributed by atoms with Crippen LogP contribution in [0.1, 0.15) is 23.3 Å². The molecule has 0 saturated carbocycles. The molecule has 2 aromatic heterocycles. The SMILES string of the molecule is O=C(O)Cn1nnnc1SCC1=C(C(=O)[O-])N2C(=O)C(NC(=O)[C@H](O)c3ccccc3Cl)[C@H]2SC1.O=C(O)Cn1nnnc1SCC1=C(C(=O)[O-])N2C(=O)C(NC(=O)[C@H](O)c3ccccc3Cl)[C@H]2SC1.[K+].[K+]. The van der Waals surface area contributed by atoms with Gasteiger partial charge in [-0.3, -0.25) is 38.6 Å². The van der Waals surface area contributed by atoms with Crippen molar-refractivity contribution in [2.75, 3.05) is 23.0 Å². The van der Waals surface area contributed by atoms with Crippen LogP contribution in [0, 0.1) is 0 Å². The molecule has 0 aliphatic carbocycles. The van der Waals surface area contributed by atoms with Crippen LogP contribution in [0.4, 0.5) is 0 Å². The van der Waals surface area contributed by atoms with Crippen LogP contribution < -0.4 is 124 Å². The Morgan fingerprint density at radius 2 is 1.03 bits per heavy atom. The van der Waals surface area contributed by atoms with Crippen LogP contribution in [0.25, 0.3) is 0 Å². The number of aliphatic carboxylic acids is 4. The molecule has 6 heterocycles. The number of nitrogens with one attached hydrogen (secondary N) is 2. The minimum atomic E-state index is -1.61. The first kappa shape index (κ1) is 59.9. The van der Waals surface area contributed by atoms with E-state index in [9.17, 15) is 58.8 Å². The standard InChI is InChI=1S/2C19H17ClN6O7S2.2K/c2*20-10-4-2-1-3-9(10)14(29)15(30)21-12-16(31)26-13(18(32)33)8(6-34-17(12)26)7-35-19-22-23-24-25(19)5-11(27)28;;/h2*1-4,12,14,17,29H,5-7H2,(H,21,30)(H,27,28)(H,32,33);;/q;;2*+1/p-2/t2*12?,14-,17-;;/m11../s1.